The zero-order valence-corrected chi connectivity index (χ0v) is 12.3. The molecule has 2 heterocycles. The Morgan fingerprint density at radius 3 is 3.10 bits per heavy atom. The summed E-state index contributed by atoms with van der Waals surface area (Å²) in [7, 11) is 1.71. The number of amides is 1. The second kappa shape index (κ2) is 5.44. The Balaban J connectivity index is 2.13. The molecule has 0 unspecified atom stereocenters. The van der Waals surface area contributed by atoms with E-state index in [0.29, 0.717) is 5.92 Å². The fourth-order valence-corrected chi connectivity index (χ4v) is 3.59. The number of carbonyl (C=O) groups is 1. The topological polar surface area (TPSA) is 44.4 Å². The van der Waals surface area contributed by atoms with Crippen molar-refractivity contribution in [3.05, 3.63) is 28.8 Å². The van der Waals surface area contributed by atoms with Gasteiger partial charge in [-0.2, -0.15) is 0 Å². The van der Waals surface area contributed by atoms with Crippen LogP contribution < -0.4 is 15.5 Å². The Kier molecular flexibility index (Phi) is 3.66. The molecule has 1 atom stereocenters. The van der Waals surface area contributed by atoms with E-state index in [2.05, 4.69) is 28.5 Å². The van der Waals surface area contributed by atoms with Gasteiger partial charge in [0.1, 0.15) is 0 Å². The smallest absolute Gasteiger partial charge is 0.251 e. The van der Waals surface area contributed by atoms with E-state index in [-0.39, 0.29) is 5.91 Å². The number of anilines is 1. The zero-order chi connectivity index (χ0) is 14.1. The first kappa shape index (κ1) is 13.4. The monoisotopic (exact) mass is 273 g/mol. The molecule has 0 spiro atoms. The van der Waals surface area contributed by atoms with Crippen molar-refractivity contribution < 1.29 is 4.79 Å². The summed E-state index contributed by atoms with van der Waals surface area (Å²) in [5.41, 5.74) is 4.82. The van der Waals surface area contributed by atoms with E-state index in [0.717, 1.165) is 44.6 Å². The van der Waals surface area contributed by atoms with Crippen molar-refractivity contribution in [2.45, 2.75) is 32.2 Å². The van der Waals surface area contributed by atoms with Gasteiger partial charge in [-0.1, -0.05) is 19.4 Å². The van der Waals surface area contributed by atoms with Crippen LogP contribution in [-0.2, 0) is 6.54 Å². The van der Waals surface area contributed by atoms with Crippen LogP contribution in [0.15, 0.2) is 12.1 Å². The van der Waals surface area contributed by atoms with E-state index in [1.807, 2.05) is 6.07 Å². The molecule has 20 heavy (non-hydrogen) atoms. The van der Waals surface area contributed by atoms with E-state index in [4.69, 9.17) is 0 Å². The van der Waals surface area contributed by atoms with Crippen LogP contribution in [0.2, 0.25) is 0 Å². The summed E-state index contributed by atoms with van der Waals surface area (Å²) >= 11 is 0. The Morgan fingerprint density at radius 1 is 1.50 bits per heavy atom. The first-order chi connectivity index (χ1) is 9.76. The first-order valence-corrected chi connectivity index (χ1v) is 7.59. The molecule has 4 nitrogen and oxygen atoms in total. The van der Waals surface area contributed by atoms with Gasteiger partial charge >= 0.3 is 0 Å². The van der Waals surface area contributed by atoms with Crippen LogP contribution in [0.4, 0.5) is 5.69 Å². The highest BCUT2D eigenvalue weighted by Crippen LogP contribution is 2.43. The largest absolute Gasteiger partial charge is 0.369 e. The quantitative estimate of drug-likeness (QED) is 0.883. The van der Waals surface area contributed by atoms with Crippen molar-refractivity contribution >= 4 is 11.6 Å². The summed E-state index contributed by atoms with van der Waals surface area (Å²) in [6, 6.07) is 4.12. The zero-order valence-electron chi connectivity index (χ0n) is 12.3. The molecule has 108 valence electrons. The number of nitrogens with zero attached hydrogens (tertiary/aromatic N) is 1. The van der Waals surface area contributed by atoms with Crippen molar-refractivity contribution in [1.82, 2.24) is 10.6 Å². The van der Waals surface area contributed by atoms with Crippen LogP contribution in [0.25, 0.3) is 0 Å². The number of benzene rings is 1. The third-order valence-electron chi connectivity index (χ3n) is 4.45. The van der Waals surface area contributed by atoms with Gasteiger partial charge in [0.05, 0.1) is 0 Å². The highest BCUT2D eigenvalue weighted by Gasteiger charge is 2.34. The van der Waals surface area contributed by atoms with E-state index < -0.39 is 0 Å². The minimum absolute atomic E-state index is 0.0444. The summed E-state index contributed by atoms with van der Waals surface area (Å²) in [4.78, 5) is 14.7. The first-order valence-electron chi connectivity index (χ1n) is 7.59. The summed E-state index contributed by atoms with van der Waals surface area (Å²) in [5.74, 6) is 0.545. The van der Waals surface area contributed by atoms with Crippen LogP contribution in [0.3, 0.4) is 0 Å². The minimum Gasteiger partial charge on any atom is -0.369 e. The van der Waals surface area contributed by atoms with Gasteiger partial charge in [-0.25, -0.2) is 0 Å². The van der Waals surface area contributed by atoms with Crippen LogP contribution in [0.1, 0.15) is 47.2 Å². The van der Waals surface area contributed by atoms with Gasteiger partial charge in [-0.15, -0.1) is 0 Å². The maximum atomic E-state index is 12.2. The SMILES string of the molecule is CCC[C@H]1CN2CCNCc3ccc(C(=O)NC)c1c32. The Labute approximate surface area is 120 Å². The van der Waals surface area contributed by atoms with Gasteiger partial charge < -0.3 is 15.5 Å². The molecule has 1 aromatic rings. The Hall–Kier alpha value is -1.55. The Morgan fingerprint density at radius 2 is 2.35 bits per heavy atom. The number of hydrogen-bond donors (Lipinski definition) is 2. The number of hydrogen-bond acceptors (Lipinski definition) is 3. The van der Waals surface area contributed by atoms with Crippen molar-refractivity contribution in [3.8, 4) is 0 Å². The van der Waals surface area contributed by atoms with Gasteiger partial charge in [0.25, 0.3) is 5.91 Å². The molecule has 0 radical (unpaired) electrons. The normalized spacial score (nSPS) is 20.5. The molecule has 1 amide bonds. The lowest BCUT2D eigenvalue weighted by atomic mass is 9.90. The third-order valence-corrected chi connectivity index (χ3v) is 4.45. The third kappa shape index (κ3) is 2.08. The molecule has 0 aliphatic carbocycles. The molecule has 4 heteroatoms. The number of carbonyl (C=O) groups excluding carboxylic acids is 1. The van der Waals surface area contributed by atoms with Crippen molar-refractivity contribution in [2.75, 3.05) is 31.6 Å². The van der Waals surface area contributed by atoms with Crippen LogP contribution in [-0.4, -0.2) is 32.6 Å². The molecule has 1 aromatic carbocycles. The summed E-state index contributed by atoms with van der Waals surface area (Å²) in [5, 5.41) is 6.25. The molecule has 0 aromatic heterocycles. The van der Waals surface area contributed by atoms with Gasteiger partial charge in [-0.3, -0.25) is 4.79 Å². The summed E-state index contributed by atoms with van der Waals surface area (Å²) in [6.45, 7) is 6.25. The average Bonchev–Trinajstić information content (AvgIpc) is 2.69. The molecule has 0 fully saturated rings. The van der Waals surface area contributed by atoms with Crippen molar-refractivity contribution in [2.24, 2.45) is 0 Å². The predicted molar refractivity (Wildman–Crippen MR) is 81.4 cm³/mol. The standard InChI is InChI=1S/C16H23N3O/c1-3-4-12-10-19-8-7-18-9-11-5-6-13(16(20)17-2)14(12)15(11)19/h5-6,12,18H,3-4,7-10H2,1-2H3,(H,17,20)/t12-/m0/s1. The number of nitrogens with one attached hydrogen (secondary N) is 2. The number of rotatable bonds is 3. The second-order valence-corrected chi connectivity index (χ2v) is 5.72. The fraction of sp³-hybridized carbons (Fsp3) is 0.562. The molecule has 0 saturated carbocycles. The van der Waals surface area contributed by atoms with Crippen LogP contribution in [0.5, 0.6) is 0 Å². The van der Waals surface area contributed by atoms with E-state index >= 15 is 0 Å². The molecular weight excluding hydrogens is 250 g/mol. The lowest BCUT2D eigenvalue weighted by Gasteiger charge is -2.19. The van der Waals surface area contributed by atoms with Gasteiger partial charge in [0.2, 0.25) is 0 Å². The van der Waals surface area contributed by atoms with Gasteiger partial charge in [0, 0.05) is 50.4 Å². The second-order valence-electron chi connectivity index (χ2n) is 5.72. The van der Waals surface area contributed by atoms with E-state index in [9.17, 15) is 4.79 Å². The molecule has 0 bridgehead atoms. The van der Waals surface area contributed by atoms with Crippen molar-refractivity contribution in [3.63, 3.8) is 0 Å². The minimum atomic E-state index is 0.0444. The lowest BCUT2D eigenvalue weighted by Crippen LogP contribution is -2.28. The van der Waals surface area contributed by atoms with E-state index in [1.54, 1.807) is 7.05 Å². The molecule has 0 saturated heterocycles. The maximum absolute atomic E-state index is 12.2. The lowest BCUT2D eigenvalue weighted by molar-refractivity contribution is 0.0962. The van der Waals surface area contributed by atoms with Crippen molar-refractivity contribution in [1.29, 1.82) is 0 Å². The summed E-state index contributed by atoms with van der Waals surface area (Å²) < 4.78 is 0. The van der Waals surface area contributed by atoms with Gasteiger partial charge in [-0.05, 0) is 23.6 Å². The highest BCUT2D eigenvalue weighted by molar-refractivity contribution is 5.98. The average molecular weight is 273 g/mol. The van der Waals surface area contributed by atoms with Crippen LogP contribution in [0, 0.1) is 0 Å². The highest BCUT2D eigenvalue weighted by atomic mass is 16.1. The molecule has 2 aliphatic heterocycles. The maximum Gasteiger partial charge on any atom is 0.251 e. The fourth-order valence-electron chi connectivity index (χ4n) is 3.59. The molecule has 2 aliphatic rings. The molecular formula is C16H23N3O. The van der Waals surface area contributed by atoms with Crippen LogP contribution >= 0.6 is 0 Å². The predicted octanol–water partition coefficient (Wildman–Crippen LogP) is 1.85. The molecule has 3 rings (SSSR count). The van der Waals surface area contributed by atoms with Gasteiger partial charge in [0.15, 0.2) is 0 Å². The van der Waals surface area contributed by atoms with E-state index in [1.165, 1.54) is 16.8 Å². The summed E-state index contributed by atoms with van der Waals surface area (Å²) in [6.07, 6.45) is 2.32. The molecule has 2 N–H and O–H groups in total. The Bertz CT molecular complexity index is 527.